The molecule has 4 rings (SSSR count). The van der Waals surface area contributed by atoms with Crippen LogP contribution in [0, 0.1) is 11.8 Å². The molecule has 0 saturated carbocycles. The maximum atomic E-state index is 13.6. The second-order valence-corrected chi connectivity index (χ2v) is 10.1. The zero-order chi connectivity index (χ0) is 22.7. The summed E-state index contributed by atoms with van der Waals surface area (Å²) < 4.78 is 6.51. The summed E-state index contributed by atoms with van der Waals surface area (Å²) in [5, 5.41) is 20.5. The summed E-state index contributed by atoms with van der Waals surface area (Å²) in [6.45, 7) is 8.18. The Morgan fingerprint density at radius 2 is 1.94 bits per heavy atom. The lowest BCUT2D eigenvalue weighted by atomic mass is 9.63. The van der Waals surface area contributed by atoms with Gasteiger partial charge in [0.1, 0.15) is 17.1 Å². The van der Waals surface area contributed by atoms with E-state index in [9.17, 15) is 19.8 Å². The summed E-state index contributed by atoms with van der Waals surface area (Å²) in [5.74, 6) is -1.73. The van der Waals surface area contributed by atoms with E-state index in [0.717, 1.165) is 31.7 Å². The normalized spacial score (nSPS) is 27.1. The van der Waals surface area contributed by atoms with Crippen LogP contribution in [0.1, 0.15) is 74.1 Å². The highest BCUT2D eigenvalue weighted by molar-refractivity contribution is 9.10. The first-order valence-electron chi connectivity index (χ1n) is 10.6. The lowest BCUT2D eigenvalue weighted by molar-refractivity contribution is -0.0682. The van der Waals surface area contributed by atoms with Gasteiger partial charge >= 0.3 is 0 Å². The van der Waals surface area contributed by atoms with Crippen molar-refractivity contribution >= 4 is 27.5 Å². The van der Waals surface area contributed by atoms with Crippen molar-refractivity contribution in [3.05, 3.63) is 56.3 Å². The molecule has 0 aromatic heterocycles. The number of fused-ring (bicyclic) bond motifs is 3. The molecule has 3 aliphatic rings. The minimum atomic E-state index is -0.607. The molecule has 5 nitrogen and oxygen atoms in total. The Morgan fingerprint density at radius 1 is 1.23 bits per heavy atom. The van der Waals surface area contributed by atoms with Crippen LogP contribution in [0.15, 0.2) is 45.2 Å². The van der Waals surface area contributed by atoms with Crippen LogP contribution in [0.2, 0.25) is 0 Å². The van der Waals surface area contributed by atoms with Gasteiger partial charge in [-0.15, -0.1) is 0 Å². The molecular weight excluding hydrogens is 460 g/mol. The number of phenolic OH excluding ortho intramolecular Hbond substituents is 2. The number of allylic oxidation sites excluding steroid dienone is 6. The van der Waals surface area contributed by atoms with Crippen LogP contribution in [0.3, 0.4) is 0 Å². The largest absolute Gasteiger partial charge is 0.507 e. The van der Waals surface area contributed by atoms with Gasteiger partial charge in [-0.25, -0.2) is 0 Å². The van der Waals surface area contributed by atoms with Crippen molar-refractivity contribution < 1.29 is 24.5 Å². The highest BCUT2D eigenvalue weighted by atomic mass is 79.9. The van der Waals surface area contributed by atoms with Gasteiger partial charge in [0, 0.05) is 17.9 Å². The second kappa shape index (κ2) is 7.66. The minimum absolute atomic E-state index is 0.00775. The average molecular weight is 487 g/mol. The number of ether oxygens (including phenoxy) is 1. The zero-order valence-corrected chi connectivity index (χ0v) is 19.8. The number of rotatable bonds is 3. The van der Waals surface area contributed by atoms with Crippen molar-refractivity contribution in [1.29, 1.82) is 0 Å². The zero-order valence-electron chi connectivity index (χ0n) is 18.2. The quantitative estimate of drug-likeness (QED) is 0.511. The third-order valence-corrected chi connectivity index (χ3v) is 7.57. The summed E-state index contributed by atoms with van der Waals surface area (Å²) in [6, 6.07) is 1.07. The first kappa shape index (κ1) is 21.9. The number of ketones is 2. The molecule has 6 heteroatoms. The number of phenols is 2. The number of aromatic hydroxyl groups is 2. The molecule has 1 aliphatic heterocycles. The summed E-state index contributed by atoms with van der Waals surface area (Å²) >= 11 is 3.24. The van der Waals surface area contributed by atoms with E-state index in [2.05, 4.69) is 41.9 Å². The Balaban J connectivity index is 1.89. The van der Waals surface area contributed by atoms with Crippen LogP contribution in [-0.2, 0) is 4.74 Å². The number of carbonyl (C=O) groups excluding carboxylic acids is 2. The number of hydrogen-bond donors (Lipinski definition) is 2. The molecule has 31 heavy (non-hydrogen) atoms. The number of hydrogen-bond acceptors (Lipinski definition) is 5. The number of benzene rings is 1. The van der Waals surface area contributed by atoms with E-state index in [1.165, 1.54) is 11.1 Å². The van der Waals surface area contributed by atoms with Gasteiger partial charge in [0.15, 0.2) is 11.5 Å². The monoisotopic (exact) mass is 486 g/mol. The van der Waals surface area contributed by atoms with Crippen molar-refractivity contribution in [3.8, 4) is 11.5 Å². The van der Waals surface area contributed by atoms with Gasteiger partial charge in [-0.2, -0.15) is 0 Å². The Bertz CT molecular complexity index is 1090. The molecule has 3 unspecified atom stereocenters. The van der Waals surface area contributed by atoms with E-state index in [1.54, 1.807) is 0 Å². The smallest absolute Gasteiger partial charge is 0.232 e. The summed E-state index contributed by atoms with van der Waals surface area (Å²) in [7, 11) is 0. The molecule has 1 heterocycles. The summed E-state index contributed by atoms with van der Waals surface area (Å²) in [5.41, 5.74) is 2.03. The second-order valence-electron chi connectivity index (χ2n) is 9.30. The molecule has 0 spiro atoms. The van der Waals surface area contributed by atoms with E-state index >= 15 is 0 Å². The summed E-state index contributed by atoms with van der Waals surface area (Å²) in [4.78, 5) is 27.1. The van der Waals surface area contributed by atoms with E-state index in [4.69, 9.17) is 4.74 Å². The summed E-state index contributed by atoms with van der Waals surface area (Å²) in [6.07, 6.45) is 7.59. The van der Waals surface area contributed by atoms with Crippen LogP contribution in [0.25, 0.3) is 0 Å². The van der Waals surface area contributed by atoms with Crippen LogP contribution < -0.4 is 0 Å². The van der Waals surface area contributed by atoms with Gasteiger partial charge in [-0.1, -0.05) is 23.3 Å². The van der Waals surface area contributed by atoms with Gasteiger partial charge in [0.05, 0.1) is 21.2 Å². The first-order valence-corrected chi connectivity index (χ1v) is 11.4. The highest BCUT2D eigenvalue weighted by Gasteiger charge is 2.53. The van der Waals surface area contributed by atoms with Crippen molar-refractivity contribution in [1.82, 2.24) is 0 Å². The molecule has 1 aromatic rings. The third-order valence-electron chi connectivity index (χ3n) is 6.77. The van der Waals surface area contributed by atoms with E-state index in [-0.39, 0.29) is 44.7 Å². The number of Topliss-reactive ketones (excluding diaryl/α,β-unsaturated/α-hetero) is 2. The fourth-order valence-corrected chi connectivity index (χ4v) is 5.68. The fourth-order valence-electron chi connectivity index (χ4n) is 5.18. The van der Waals surface area contributed by atoms with Crippen molar-refractivity contribution in [2.75, 3.05) is 0 Å². The van der Waals surface area contributed by atoms with Crippen LogP contribution in [0.5, 0.6) is 11.5 Å². The molecule has 2 N–H and O–H groups in total. The molecular formula is C25H27BrO5. The minimum Gasteiger partial charge on any atom is -0.507 e. The lowest BCUT2D eigenvalue weighted by Crippen LogP contribution is -2.50. The van der Waals surface area contributed by atoms with Gasteiger partial charge in [-0.3, -0.25) is 9.59 Å². The predicted molar refractivity (Wildman–Crippen MR) is 121 cm³/mol. The van der Waals surface area contributed by atoms with Gasteiger partial charge < -0.3 is 14.9 Å². The molecule has 0 radical (unpaired) electrons. The standard InChI is InChI=1S/C25H27BrO5/c1-12(2)6-5-9-25(4)15-8-7-13(3)10-14(15)18-22(29)20-19(23(30)24(18)31-25)16(27)11-17(28)21(20)26/h6,10-11,14-15,27-28H,5,7-9H2,1-4H3. The number of halogens is 1. The van der Waals surface area contributed by atoms with E-state index in [1.807, 2.05) is 13.8 Å². The van der Waals surface area contributed by atoms with Crippen molar-refractivity contribution in [2.24, 2.45) is 11.8 Å². The molecule has 0 saturated heterocycles. The SMILES string of the molecule is CC(C)=CCCC1(C)OC2=C(C(=O)c3c(Br)c(O)cc(O)c3C2=O)C2C=C(C)CCC21. The molecule has 0 fully saturated rings. The molecule has 1 aromatic carbocycles. The predicted octanol–water partition coefficient (Wildman–Crippen LogP) is 6.00. The van der Waals surface area contributed by atoms with Gasteiger partial charge in [0.25, 0.3) is 0 Å². The van der Waals surface area contributed by atoms with E-state index in [0.29, 0.717) is 5.57 Å². The Kier molecular flexibility index (Phi) is 5.41. The van der Waals surface area contributed by atoms with Crippen LogP contribution in [-0.4, -0.2) is 27.4 Å². The molecule has 164 valence electrons. The molecule has 2 aliphatic carbocycles. The van der Waals surface area contributed by atoms with Gasteiger partial charge in [0.2, 0.25) is 5.78 Å². The topological polar surface area (TPSA) is 83.8 Å². The first-order chi connectivity index (χ1) is 14.5. The maximum Gasteiger partial charge on any atom is 0.232 e. The Morgan fingerprint density at radius 3 is 2.61 bits per heavy atom. The Hall–Kier alpha value is -2.34. The average Bonchev–Trinajstić information content (AvgIpc) is 2.68. The lowest BCUT2D eigenvalue weighted by Gasteiger charge is -2.49. The van der Waals surface area contributed by atoms with E-state index < -0.39 is 17.1 Å². The fraction of sp³-hybridized carbons (Fsp3) is 0.440. The Labute approximate surface area is 190 Å². The number of carbonyl (C=O) groups is 2. The van der Waals surface area contributed by atoms with Crippen LogP contribution >= 0.6 is 15.9 Å². The molecule has 3 atom stereocenters. The van der Waals surface area contributed by atoms with Crippen molar-refractivity contribution in [3.63, 3.8) is 0 Å². The van der Waals surface area contributed by atoms with Crippen molar-refractivity contribution in [2.45, 2.75) is 59.0 Å². The van der Waals surface area contributed by atoms with Crippen LogP contribution in [0.4, 0.5) is 0 Å². The van der Waals surface area contributed by atoms with Gasteiger partial charge in [-0.05, 0) is 69.3 Å². The highest BCUT2D eigenvalue weighted by Crippen LogP contribution is 2.53. The third kappa shape index (κ3) is 3.45. The molecule has 0 bridgehead atoms. The molecule has 0 amide bonds. The maximum absolute atomic E-state index is 13.6.